The number of nitrogens with one attached hydrogen (secondary N) is 2. The Labute approximate surface area is 130 Å². The van der Waals surface area contributed by atoms with Crippen molar-refractivity contribution in [2.75, 3.05) is 16.9 Å². The number of aryl methyl sites for hydroxylation is 1. The summed E-state index contributed by atoms with van der Waals surface area (Å²) in [6.07, 6.45) is 2.00. The highest BCUT2D eigenvalue weighted by atomic mass is 32.2. The number of amides is 1. The molecule has 0 heterocycles. The van der Waals surface area contributed by atoms with Crippen LogP contribution in [-0.4, -0.2) is 18.2 Å². The molecule has 0 aliphatic carbocycles. The molecule has 2 N–H and O–H groups in total. The van der Waals surface area contributed by atoms with Crippen molar-refractivity contribution in [2.45, 2.75) is 24.8 Å². The van der Waals surface area contributed by atoms with Gasteiger partial charge in [0.15, 0.2) is 0 Å². The van der Waals surface area contributed by atoms with E-state index in [-0.39, 0.29) is 11.9 Å². The van der Waals surface area contributed by atoms with Crippen LogP contribution in [0.5, 0.6) is 0 Å². The van der Waals surface area contributed by atoms with Crippen LogP contribution in [0.2, 0.25) is 0 Å². The van der Waals surface area contributed by atoms with Crippen LogP contribution in [0.15, 0.2) is 53.4 Å². The Bertz CT molecular complexity index is 628. The summed E-state index contributed by atoms with van der Waals surface area (Å²) in [6, 6.07) is 15.5. The Hall–Kier alpha value is -1.94. The summed E-state index contributed by atoms with van der Waals surface area (Å²) in [7, 11) is 0. The van der Waals surface area contributed by atoms with Crippen molar-refractivity contribution >= 4 is 29.0 Å². The van der Waals surface area contributed by atoms with E-state index in [0.717, 1.165) is 16.3 Å². The normalized spacial score (nSPS) is 11.8. The maximum Gasteiger partial charge on any atom is 0.246 e. The Morgan fingerprint density at radius 3 is 2.62 bits per heavy atom. The van der Waals surface area contributed by atoms with Crippen LogP contribution in [0.3, 0.4) is 0 Å². The maximum atomic E-state index is 12.3. The summed E-state index contributed by atoms with van der Waals surface area (Å²) >= 11 is 1.62. The van der Waals surface area contributed by atoms with E-state index in [0.29, 0.717) is 0 Å². The molecule has 110 valence electrons. The van der Waals surface area contributed by atoms with Crippen molar-refractivity contribution in [1.29, 1.82) is 0 Å². The van der Waals surface area contributed by atoms with Gasteiger partial charge in [0.1, 0.15) is 6.04 Å². The number of anilines is 2. The summed E-state index contributed by atoms with van der Waals surface area (Å²) in [5.74, 6) is -0.0435. The van der Waals surface area contributed by atoms with Gasteiger partial charge in [-0.2, -0.15) is 0 Å². The number of thioether (sulfide) groups is 1. The van der Waals surface area contributed by atoms with E-state index < -0.39 is 0 Å². The molecule has 0 aliphatic rings. The Morgan fingerprint density at radius 2 is 1.90 bits per heavy atom. The Morgan fingerprint density at radius 1 is 1.14 bits per heavy atom. The van der Waals surface area contributed by atoms with Gasteiger partial charge in [-0.15, -0.1) is 11.8 Å². The van der Waals surface area contributed by atoms with Gasteiger partial charge < -0.3 is 10.6 Å². The second-order valence-electron chi connectivity index (χ2n) is 4.93. The number of benzene rings is 2. The predicted molar refractivity (Wildman–Crippen MR) is 91.1 cm³/mol. The van der Waals surface area contributed by atoms with E-state index in [9.17, 15) is 4.79 Å². The number of para-hydroxylation sites is 1. The number of carbonyl (C=O) groups excluding carboxylic acids is 1. The molecule has 0 saturated heterocycles. The number of rotatable bonds is 5. The van der Waals surface area contributed by atoms with E-state index in [1.165, 1.54) is 5.56 Å². The van der Waals surface area contributed by atoms with Crippen molar-refractivity contribution in [1.82, 2.24) is 0 Å². The first-order valence-electron chi connectivity index (χ1n) is 6.87. The monoisotopic (exact) mass is 300 g/mol. The smallest absolute Gasteiger partial charge is 0.246 e. The number of hydrogen-bond donors (Lipinski definition) is 2. The van der Waals surface area contributed by atoms with Crippen molar-refractivity contribution < 1.29 is 4.79 Å². The third-order valence-electron chi connectivity index (χ3n) is 3.16. The lowest BCUT2D eigenvalue weighted by Crippen LogP contribution is -2.32. The molecule has 0 aliphatic heterocycles. The second kappa shape index (κ2) is 7.18. The van der Waals surface area contributed by atoms with Gasteiger partial charge in [-0.25, -0.2) is 0 Å². The first-order valence-corrected chi connectivity index (χ1v) is 8.09. The zero-order chi connectivity index (χ0) is 15.2. The molecular formula is C17H20N2OS. The van der Waals surface area contributed by atoms with Crippen molar-refractivity contribution in [3.8, 4) is 0 Å². The van der Waals surface area contributed by atoms with Gasteiger partial charge in [0, 0.05) is 10.6 Å². The summed E-state index contributed by atoms with van der Waals surface area (Å²) in [6.45, 7) is 3.89. The van der Waals surface area contributed by atoms with Crippen LogP contribution in [0.1, 0.15) is 12.5 Å². The minimum Gasteiger partial charge on any atom is -0.374 e. The minimum atomic E-state index is -0.304. The van der Waals surface area contributed by atoms with Gasteiger partial charge in [0.05, 0.1) is 5.69 Å². The molecule has 1 atom stereocenters. The average molecular weight is 300 g/mol. The zero-order valence-corrected chi connectivity index (χ0v) is 13.3. The molecule has 1 amide bonds. The van der Waals surface area contributed by atoms with Crippen LogP contribution in [0, 0.1) is 6.92 Å². The lowest BCUT2D eigenvalue weighted by molar-refractivity contribution is -0.116. The topological polar surface area (TPSA) is 41.1 Å². The standard InChI is InChI=1S/C17H20N2OS/c1-12-7-6-8-14(11-12)18-13(2)17(20)19-15-9-4-5-10-16(15)21-3/h4-11,13,18H,1-3H3,(H,19,20)/t13-/m0/s1. The highest BCUT2D eigenvalue weighted by molar-refractivity contribution is 7.98. The zero-order valence-electron chi connectivity index (χ0n) is 12.5. The van der Waals surface area contributed by atoms with Gasteiger partial charge in [0.25, 0.3) is 0 Å². The molecule has 2 rings (SSSR count). The maximum absolute atomic E-state index is 12.3. The molecule has 0 radical (unpaired) electrons. The average Bonchev–Trinajstić information content (AvgIpc) is 2.47. The molecule has 0 aromatic heterocycles. The number of carbonyl (C=O) groups is 1. The summed E-state index contributed by atoms with van der Waals surface area (Å²) in [4.78, 5) is 13.4. The molecule has 0 bridgehead atoms. The second-order valence-corrected chi connectivity index (χ2v) is 5.77. The van der Waals surface area contributed by atoms with Crippen LogP contribution < -0.4 is 10.6 Å². The van der Waals surface area contributed by atoms with Crippen molar-refractivity contribution in [3.63, 3.8) is 0 Å². The summed E-state index contributed by atoms with van der Waals surface area (Å²) in [5, 5.41) is 6.20. The summed E-state index contributed by atoms with van der Waals surface area (Å²) in [5.41, 5.74) is 2.98. The van der Waals surface area contributed by atoms with E-state index in [1.807, 2.05) is 68.6 Å². The third-order valence-corrected chi connectivity index (χ3v) is 3.96. The fourth-order valence-corrected chi connectivity index (χ4v) is 2.59. The van der Waals surface area contributed by atoms with Gasteiger partial charge in [-0.3, -0.25) is 4.79 Å². The SMILES string of the molecule is CSc1ccccc1NC(=O)[C@H](C)Nc1cccc(C)c1. The number of hydrogen-bond acceptors (Lipinski definition) is 3. The Balaban J connectivity index is 2.02. The Kier molecular flexibility index (Phi) is 5.28. The van der Waals surface area contributed by atoms with E-state index in [4.69, 9.17) is 0 Å². The molecule has 4 heteroatoms. The van der Waals surface area contributed by atoms with Crippen molar-refractivity contribution in [2.24, 2.45) is 0 Å². The molecule has 0 saturated carbocycles. The van der Waals surface area contributed by atoms with Crippen LogP contribution in [0.4, 0.5) is 11.4 Å². The first kappa shape index (κ1) is 15.4. The van der Waals surface area contributed by atoms with Gasteiger partial charge in [0.2, 0.25) is 5.91 Å². The molecule has 2 aromatic rings. The molecule has 2 aromatic carbocycles. The van der Waals surface area contributed by atoms with Crippen LogP contribution in [-0.2, 0) is 4.79 Å². The molecule has 21 heavy (non-hydrogen) atoms. The van der Waals surface area contributed by atoms with E-state index >= 15 is 0 Å². The van der Waals surface area contributed by atoms with Gasteiger partial charge in [-0.1, -0.05) is 24.3 Å². The van der Waals surface area contributed by atoms with Crippen LogP contribution >= 0.6 is 11.8 Å². The fourth-order valence-electron chi connectivity index (χ4n) is 2.04. The van der Waals surface area contributed by atoms with Crippen LogP contribution in [0.25, 0.3) is 0 Å². The largest absolute Gasteiger partial charge is 0.374 e. The highest BCUT2D eigenvalue weighted by Crippen LogP contribution is 2.24. The molecule has 0 unspecified atom stereocenters. The lowest BCUT2D eigenvalue weighted by atomic mass is 10.2. The molecular weight excluding hydrogens is 280 g/mol. The van der Waals surface area contributed by atoms with Crippen molar-refractivity contribution in [3.05, 3.63) is 54.1 Å². The fraction of sp³-hybridized carbons (Fsp3) is 0.235. The first-order chi connectivity index (χ1) is 10.1. The highest BCUT2D eigenvalue weighted by Gasteiger charge is 2.14. The quantitative estimate of drug-likeness (QED) is 0.815. The molecule has 3 nitrogen and oxygen atoms in total. The predicted octanol–water partition coefficient (Wildman–Crippen LogP) is 4.16. The molecule has 0 spiro atoms. The minimum absolute atomic E-state index is 0.0435. The third kappa shape index (κ3) is 4.26. The van der Waals surface area contributed by atoms with Gasteiger partial charge >= 0.3 is 0 Å². The van der Waals surface area contributed by atoms with Gasteiger partial charge in [-0.05, 0) is 49.9 Å². The summed E-state index contributed by atoms with van der Waals surface area (Å²) < 4.78 is 0. The molecule has 0 fully saturated rings. The lowest BCUT2D eigenvalue weighted by Gasteiger charge is -2.16. The van der Waals surface area contributed by atoms with E-state index in [2.05, 4.69) is 10.6 Å². The van der Waals surface area contributed by atoms with E-state index in [1.54, 1.807) is 11.8 Å².